The van der Waals surface area contributed by atoms with Crippen LogP contribution in [-0.2, 0) is 0 Å². The molecule has 1 fully saturated rings. The second-order valence-corrected chi connectivity index (χ2v) is 6.60. The van der Waals surface area contributed by atoms with Gasteiger partial charge in [0.05, 0.1) is 5.02 Å². The number of halogens is 2. The summed E-state index contributed by atoms with van der Waals surface area (Å²) in [7, 11) is 0. The Hall–Kier alpha value is -0.250. The molecule has 0 aromatic heterocycles. The summed E-state index contributed by atoms with van der Waals surface area (Å²) in [6, 6.07) is 6.56. The van der Waals surface area contributed by atoms with Crippen LogP contribution in [-0.4, -0.2) is 30.6 Å². The van der Waals surface area contributed by atoms with Gasteiger partial charge in [0, 0.05) is 16.2 Å². The maximum Gasteiger partial charge on any atom is 0.0568 e. The summed E-state index contributed by atoms with van der Waals surface area (Å²) in [5.74, 6) is 0.755. The summed E-state index contributed by atoms with van der Waals surface area (Å²) in [6.45, 7) is 8.16. The molecular formula is C15H22BrClN2. The number of hydrogen-bond donors (Lipinski definition) is 1. The van der Waals surface area contributed by atoms with Crippen molar-refractivity contribution in [2.75, 3.05) is 25.0 Å². The Morgan fingerprint density at radius 2 is 2.11 bits per heavy atom. The standard InChI is InChI=1S/C15H22BrClN2/c1-3-19-8-6-12(7-9-19)11(2)18-13-4-5-14(16)15(17)10-13/h4-5,10-12,18H,3,6-9H2,1-2H3. The van der Waals surface area contributed by atoms with Crippen molar-refractivity contribution in [2.45, 2.75) is 32.7 Å². The van der Waals surface area contributed by atoms with Crippen molar-refractivity contribution in [2.24, 2.45) is 5.92 Å². The summed E-state index contributed by atoms with van der Waals surface area (Å²) in [6.07, 6.45) is 2.57. The molecule has 4 heteroatoms. The number of benzene rings is 1. The smallest absolute Gasteiger partial charge is 0.0568 e. The molecule has 0 radical (unpaired) electrons. The third-order valence-corrected chi connectivity index (χ3v) is 5.33. The van der Waals surface area contributed by atoms with Crippen LogP contribution in [0, 0.1) is 5.92 Å². The maximum absolute atomic E-state index is 6.13. The number of anilines is 1. The van der Waals surface area contributed by atoms with E-state index in [0.717, 1.165) is 21.1 Å². The number of nitrogens with zero attached hydrogens (tertiary/aromatic N) is 1. The van der Waals surface area contributed by atoms with Gasteiger partial charge in [-0.3, -0.25) is 0 Å². The largest absolute Gasteiger partial charge is 0.382 e. The van der Waals surface area contributed by atoms with E-state index in [2.05, 4.69) is 46.1 Å². The molecule has 0 aliphatic carbocycles. The number of nitrogens with one attached hydrogen (secondary N) is 1. The summed E-state index contributed by atoms with van der Waals surface area (Å²) < 4.78 is 0.948. The monoisotopic (exact) mass is 344 g/mol. The average Bonchev–Trinajstić information content (AvgIpc) is 2.43. The van der Waals surface area contributed by atoms with Crippen LogP contribution in [0.15, 0.2) is 22.7 Å². The van der Waals surface area contributed by atoms with Gasteiger partial charge < -0.3 is 10.2 Å². The van der Waals surface area contributed by atoms with Crippen LogP contribution < -0.4 is 5.32 Å². The van der Waals surface area contributed by atoms with Crippen LogP contribution >= 0.6 is 27.5 Å². The zero-order valence-electron chi connectivity index (χ0n) is 11.6. The van der Waals surface area contributed by atoms with E-state index in [9.17, 15) is 0 Å². The lowest BCUT2D eigenvalue weighted by Gasteiger charge is -2.34. The highest BCUT2D eigenvalue weighted by atomic mass is 79.9. The van der Waals surface area contributed by atoms with E-state index in [1.807, 2.05) is 12.1 Å². The molecule has 1 saturated heterocycles. The molecule has 1 N–H and O–H groups in total. The molecule has 1 atom stereocenters. The van der Waals surface area contributed by atoms with Crippen molar-refractivity contribution in [1.29, 1.82) is 0 Å². The predicted octanol–water partition coefficient (Wildman–Crippen LogP) is 4.63. The highest BCUT2D eigenvalue weighted by Crippen LogP contribution is 2.28. The van der Waals surface area contributed by atoms with Crippen LogP contribution in [0.2, 0.25) is 5.02 Å². The van der Waals surface area contributed by atoms with Crippen LogP contribution in [0.3, 0.4) is 0 Å². The first kappa shape index (κ1) is 15.1. The van der Waals surface area contributed by atoms with Crippen molar-refractivity contribution >= 4 is 33.2 Å². The first-order valence-electron chi connectivity index (χ1n) is 7.04. The number of likely N-dealkylation sites (tertiary alicyclic amines) is 1. The number of rotatable bonds is 4. The Morgan fingerprint density at radius 1 is 1.42 bits per heavy atom. The summed E-state index contributed by atoms with van der Waals surface area (Å²) in [5, 5.41) is 4.35. The molecule has 19 heavy (non-hydrogen) atoms. The van der Waals surface area contributed by atoms with Crippen LogP contribution in [0.5, 0.6) is 0 Å². The van der Waals surface area contributed by atoms with Crippen molar-refractivity contribution in [1.82, 2.24) is 4.90 Å². The van der Waals surface area contributed by atoms with Gasteiger partial charge in [-0.1, -0.05) is 18.5 Å². The van der Waals surface area contributed by atoms with Crippen molar-refractivity contribution in [3.8, 4) is 0 Å². The predicted molar refractivity (Wildman–Crippen MR) is 87.1 cm³/mol. The molecule has 2 rings (SSSR count). The summed E-state index contributed by atoms with van der Waals surface area (Å²) in [5.41, 5.74) is 1.11. The van der Waals surface area contributed by atoms with E-state index >= 15 is 0 Å². The van der Waals surface area contributed by atoms with Crippen LogP contribution in [0.1, 0.15) is 26.7 Å². The van der Waals surface area contributed by atoms with Gasteiger partial charge in [-0.2, -0.15) is 0 Å². The first-order chi connectivity index (χ1) is 9.10. The van der Waals surface area contributed by atoms with Gasteiger partial charge in [0.2, 0.25) is 0 Å². The normalized spacial score (nSPS) is 19.4. The maximum atomic E-state index is 6.13. The van der Waals surface area contributed by atoms with Gasteiger partial charge in [0.1, 0.15) is 0 Å². The zero-order valence-corrected chi connectivity index (χ0v) is 14.0. The lowest BCUT2D eigenvalue weighted by molar-refractivity contribution is 0.183. The van der Waals surface area contributed by atoms with Crippen LogP contribution in [0.25, 0.3) is 0 Å². The number of piperidine rings is 1. The molecule has 0 amide bonds. The Labute approximate surface area is 129 Å². The minimum absolute atomic E-state index is 0.497. The van der Waals surface area contributed by atoms with E-state index in [4.69, 9.17) is 11.6 Å². The Balaban J connectivity index is 1.90. The Morgan fingerprint density at radius 3 is 2.68 bits per heavy atom. The fourth-order valence-corrected chi connectivity index (χ4v) is 3.16. The van der Waals surface area contributed by atoms with E-state index in [1.165, 1.54) is 32.5 Å². The fraction of sp³-hybridized carbons (Fsp3) is 0.600. The lowest BCUT2D eigenvalue weighted by atomic mass is 9.90. The van der Waals surface area contributed by atoms with Gasteiger partial charge in [0.15, 0.2) is 0 Å². The topological polar surface area (TPSA) is 15.3 Å². The highest BCUT2D eigenvalue weighted by Gasteiger charge is 2.23. The van der Waals surface area contributed by atoms with Crippen molar-refractivity contribution < 1.29 is 0 Å². The van der Waals surface area contributed by atoms with E-state index < -0.39 is 0 Å². The minimum Gasteiger partial charge on any atom is -0.382 e. The molecule has 1 unspecified atom stereocenters. The Bertz CT molecular complexity index is 417. The van der Waals surface area contributed by atoms with Gasteiger partial charge in [-0.25, -0.2) is 0 Å². The summed E-state index contributed by atoms with van der Waals surface area (Å²) in [4.78, 5) is 2.53. The Kier molecular flexibility index (Phi) is 5.55. The molecule has 0 bridgehead atoms. The molecule has 0 saturated carbocycles. The molecule has 2 nitrogen and oxygen atoms in total. The molecule has 1 heterocycles. The average molecular weight is 346 g/mol. The van der Waals surface area contributed by atoms with Crippen molar-refractivity contribution in [3.63, 3.8) is 0 Å². The summed E-state index contributed by atoms with van der Waals surface area (Å²) >= 11 is 9.55. The fourth-order valence-electron chi connectivity index (χ4n) is 2.74. The first-order valence-corrected chi connectivity index (χ1v) is 8.21. The van der Waals surface area contributed by atoms with E-state index in [1.54, 1.807) is 0 Å². The van der Waals surface area contributed by atoms with Gasteiger partial charge in [-0.15, -0.1) is 0 Å². The third kappa shape index (κ3) is 4.11. The minimum atomic E-state index is 0.497. The molecule has 1 aromatic rings. The lowest BCUT2D eigenvalue weighted by Crippen LogP contribution is -2.39. The molecular weight excluding hydrogens is 324 g/mol. The second-order valence-electron chi connectivity index (χ2n) is 5.33. The molecule has 0 spiro atoms. The van der Waals surface area contributed by atoms with Crippen molar-refractivity contribution in [3.05, 3.63) is 27.7 Å². The van der Waals surface area contributed by atoms with Crippen LogP contribution in [0.4, 0.5) is 5.69 Å². The van der Waals surface area contributed by atoms with E-state index in [0.29, 0.717) is 6.04 Å². The molecule has 1 aliphatic heterocycles. The quantitative estimate of drug-likeness (QED) is 0.855. The number of hydrogen-bond acceptors (Lipinski definition) is 2. The van der Waals surface area contributed by atoms with Gasteiger partial charge in [0.25, 0.3) is 0 Å². The SMILES string of the molecule is CCN1CCC(C(C)Nc2ccc(Br)c(Cl)c2)CC1. The third-order valence-electron chi connectivity index (χ3n) is 4.10. The molecule has 1 aromatic carbocycles. The molecule has 1 aliphatic rings. The molecule has 106 valence electrons. The second kappa shape index (κ2) is 6.96. The highest BCUT2D eigenvalue weighted by molar-refractivity contribution is 9.10. The van der Waals surface area contributed by atoms with Gasteiger partial charge in [-0.05, 0) is 79.4 Å². The zero-order chi connectivity index (χ0) is 13.8. The van der Waals surface area contributed by atoms with E-state index in [-0.39, 0.29) is 0 Å². The van der Waals surface area contributed by atoms with Gasteiger partial charge >= 0.3 is 0 Å².